The van der Waals surface area contributed by atoms with Crippen molar-refractivity contribution in [2.75, 3.05) is 10.6 Å². The van der Waals surface area contributed by atoms with Gasteiger partial charge in [-0.3, -0.25) is 9.59 Å². The van der Waals surface area contributed by atoms with Crippen molar-refractivity contribution in [3.05, 3.63) is 94.1 Å². The first kappa shape index (κ1) is 20.0. The summed E-state index contributed by atoms with van der Waals surface area (Å²) in [6.45, 7) is 3.82. The van der Waals surface area contributed by atoms with Gasteiger partial charge in [-0.2, -0.15) is 0 Å². The second-order valence-corrected chi connectivity index (χ2v) is 7.02. The van der Waals surface area contributed by atoms with Crippen molar-refractivity contribution in [3.8, 4) is 0 Å². The van der Waals surface area contributed by atoms with Crippen LogP contribution in [0.3, 0.4) is 0 Å². The number of fused-ring (bicyclic) bond motifs is 1. The van der Waals surface area contributed by atoms with E-state index in [9.17, 15) is 9.59 Å². The van der Waals surface area contributed by atoms with Gasteiger partial charge in [-0.1, -0.05) is 12.1 Å². The van der Waals surface area contributed by atoms with Gasteiger partial charge in [-0.15, -0.1) is 0 Å². The van der Waals surface area contributed by atoms with Crippen molar-refractivity contribution in [2.45, 2.75) is 13.8 Å². The Morgan fingerprint density at radius 3 is 2.39 bits per heavy atom. The van der Waals surface area contributed by atoms with Crippen LogP contribution in [0.5, 0.6) is 0 Å². The summed E-state index contributed by atoms with van der Waals surface area (Å²) < 4.78 is 5.45. The molecule has 154 valence electrons. The number of aryl methyl sites for hydroxylation is 2. The third-order valence-corrected chi connectivity index (χ3v) is 4.51. The number of carbonyl (C=O) groups excluding carboxylic acids is 1. The summed E-state index contributed by atoms with van der Waals surface area (Å²) in [5.74, 6) is 0.164. The summed E-state index contributed by atoms with van der Waals surface area (Å²) in [5.41, 5.74) is 3.81. The Bertz CT molecular complexity index is 1320. The molecule has 7 nitrogen and oxygen atoms in total. The minimum atomic E-state index is -0.356. The van der Waals surface area contributed by atoms with E-state index >= 15 is 0 Å². The number of anilines is 3. The molecule has 0 saturated carbocycles. The normalized spacial score (nSPS) is 11.0. The van der Waals surface area contributed by atoms with E-state index in [4.69, 9.17) is 4.42 Å². The van der Waals surface area contributed by atoms with Gasteiger partial charge in [0, 0.05) is 28.8 Å². The van der Waals surface area contributed by atoms with E-state index in [0.717, 1.165) is 17.1 Å². The monoisotopic (exact) mass is 412 g/mol. The molecule has 0 bridgehead atoms. The van der Waals surface area contributed by atoms with Crippen LogP contribution >= 0.6 is 0 Å². The second kappa shape index (κ2) is 8.62. The lowest BCUT2D eigenvalue weighted by atomic mass is 10.1. The zero-order valence-electron chi connectivity index (χ0n) is 17.0. The Morgan fingerprint density at radius 2 is 1.65 bits per heavy atom. The van der Waals surface area contributed by atoms with Crippen molar-refractivity contribution in [3.63, 3.8) is 0 Å². The van der Waals surface area contributed by atoms with Gasteiger partial charge in [-0.05, 0) is 62.4 Å². The molecule has 4 aromatic rings. The van der Waals surface area contributed by atoms with Crippen LogP contribution in [-0.2, 0) is 4.79 Å². The highest BCUT2D eigenvalue weighted by Gasteiger charge is 2.05. The average Bonchev–Trinajstić information content (AvgIpc) is 2.74. The van der Waals surface area contributed by atoms with E-state index in [2.05, 4.69) is 20.6 Å². The zero-order valence-corrected chi connectivity index (χ0v) is 17.0. The maximum absolute atomic E-state index is 12.5. The molecule has 0 saturated heterocycles. The Balaban J connectivity index is 1.42. The molecule has 0 aliphatic carbocycles. The number of carbonyl (C=O) groups is 1. The Labute approximate surface area is 178 Å². The van der Waals surface area contributed by atoms with Crippen molar-refractivity contribution in [1.82, 2.24) is 9.97 Å². The van der Waals surface area contributed by atoms with Crippen molar-refractivity contribution in [1.29, 1.82) is 0 Å². The predicted octanol–water partition coefficient (Wildman–Crippen LogP) is 4.60. The molecular weight excluding hydrogens is 392 g/mol. The van der Waals surface area contributed by atoms with Gasteiger partial charge in [0.15, 0.2) is 5.43 Å². The number of hydrogen-bond acceptors (Lipinski definition) is 6. The molecule has 0 radical (unpaired) electrons. The molecule has 2 aromatic heterocycles. The summed E-state index contributed by atoms with van der Waals surface area (Å²) in [4.78, 5) is 33.4. The SMILES string of the molecule is Cc1cc(C)nc(Nc2ccc(NC(=O)/C=C/c3coc4ccccc4c3=O)cc2)n1. The molecule has 0 unspecified atom stereocenters. The van der Waals surface area contributed by atoms with Crippen LogP contribution in [0.1, 0.15) is 17.0 Å². The summed E-state index contributed by atoms with van der Waals surface area (Å²) in [5, 5.41) is 6.37. The fourth-order valence-electron chi connectivity index (χ4n) is 3.11. The number of benzene rings is 2. The van der Waals surface area contributed by atoms with E-state index in [-0.39, 0.29) is 11.3 Å². The lowest BCUT2D eigenvalue weighted by Gasteiger charge is -2.08. The van der Waals surface area contributed by atoms with Crippen LogP contribution in [0.25, 0.3) is 17.0 Å². The molecule has 2 heterocycles. The summed E-state index contributed by atoms with van der Waals surface area (Å²) in [6, 6.07) is 16.0. The van der Waals surface area contributed by atoms with Crippen molar-refractivity contribution >= 4 is 40.3 Å². The number of para-hydroxylation sites is 1. The third-order valence-electron chi connectivity index (χ3n) is 4.51. The number of rotatable bonds is 5. The molecule has 7 heteroatoms. The van der Waals surface area contributed by atoms with Crippen LogP contribution in [0, 0.1) is 13.8 Å². The third kappa shape index (κ3) is 4.84. The Morgan fingerprint density at radius 1 is 0.968 bits per heavy atom. The molecule has 0 aliphatic rings. The van der Waals surface area contributed by atoms with Crippen LogP contribution in [-0.4, -0.2) is 15.9 Å². The fourth-order valence-corrected chi connectivity index (χ4v) is 3.11. The number of nitrogens with zero attached hydrogens (tertiary/aromatic N) is 2. The average molecular weight is 412 g/mol. The fraction of sp³-hybridized carbons (Fsp3) is 0.0833. The van der Waals surface area contributed by atoms with Crippen LogP contribution in [0.15, 0.2) is 76.1 Å². The molecule has 2 N–H and O–H groups in total. The molecule has 4 rings (SSSR count). The van der Waals surface area contributed by atoms with Gasteiger partial charge in [0.05, 0.1) is 10.9 Å². The molecule has 31 heavy (non-hydrogen) atoms. The lowest BCUT2D eigenvalue weighted by Crippen LogP contribution is -2.09. The largest absolute Gasteiger partial charge is 0.463 e. The first-order chi connectivity index (χ1) is 15.0. The lowest BCUT2D eigenvalue weighted by molar-refractivity contribution is -0.111. The molecule has 2 aromatic carbocycles. The van der Waals surface area contributed by atoms with E-state index in [0.29, 0.717) is 28.2 Å². The van der Waals surface area contributed by atoms with Crippen LogP contribution in [0.4, 0.5) is 17.3 Å². The molecule has 1 amide bonds. The van der Waals surface area contributed by atoms with Crippen LogP contribution < -0.4 is 16.1 Å². The Kier molecular flexibility index (Phi) is 5.57. The summed E-state index contributed by atoms with van der Waals surface area (Å²) >= 11 is 0. The van der Waals surface area contributed by atoms with E-state index < -0.39 is 0 Å². The number of nitrogens with one attached hydrogen (secondary N) is 2. The minimum Gasteiger partial charge on any atom is -0.463 e. The molecule has 0 atom stereocenters. The predicted molar refractivity (Wildman–Crippen MR) is 121 cm³/mol. The quantitative estimate of drug-likeness (QED) is 0.465. The first-order valence-corrected chi connectivity index (χ1v) is 9.67. The highest BCUT2D eigenvalue weighted by Crippen LogP contribution is 2.17. The first-order valence-electron chi connectivity index (χ1n) is 9.67. The van der Waals surface area contributed by atoms with Crippen molar-refractivity contribution in [2.24, 2.45) is 0 Å². The topological polar surface area (TPSA) is 97.1 Å². The maximum Gasteiger partial charge on any atom is 0.248 e. The van der Waals surface area contributed by atoms with Gasteiger partial charge < -0.3 is 15.1 Å². The number of amides is 1. The number of aromatic nitrogens is 2. The molecular formula is C24H20N4O3. The van der Waals surface area contributed by atoms with Crippen LogP contribution in [0.2, 0.25) is 0 Å². The minimum absolute atomic E-state index is 0.185. The van der Waals surface area contributed by atoms with Gasteiger partial charge >= 0.3 is 0 Å². The van der Waals surface area contributed by atoms with Crippen molar-refractivity contribution < 1.29 is 9.21 Å². The van der Waals surface area contributed by atoms with E-state index in [1.807, 2.05) is 32.0 Å². The number of hydrogen-bond donors (Lipinski definition) is 2. The molecule has 0 aliphatic heterocycles. The standard InChI is InChI=1S/C24H20N4O3/c1-15-13-16(2)26-24(25-15)28-19-10-8-18(9-11-19)27-22(29)12-7-17-14-31-21-6-4-3-5-20(21)23(17)30/h3-14H,1-2H3,(H,27,29)(H,25,26,28)/b12-7+. The second-order valence-electron chi connectivity index (χ2n) is 7.02. The summed E-state index contributed by atoms with van der Waals surface area (Å²) in [6.07, 6.45) is 4.10. The maximum atomic E-state index is 12.5. The van der Waals surface area contributed by atoms with Gasteiger partial charge in [-0.25, -0.2) is 9.97 Å². The van der Waals surface area contributed by atoms with E-state index in [1.165, 1.54) is 18.4 Å². The highest BCUT2D eigenvalue weighted by atomic mass is 16.3. The zero-order chi connectivity index (χ0) is 21.8. The van der Waals surface area contributed by atoms with E-state index in [1.54, 1.807) is 36.4 Å². The van der Waals surface area contributed by atoms with Gasteiger partial charge in [0.1, 0.15) is 11.8 Å². The molecule has 0 spiro atoms. The smallest absolute Gasteiger partial charge is 0.248 e. The highest BCUT2D eigenvalue weighted by molar-refractivity contribution is 6.02. The van der Waals surface area contributed by atoms with Gasteiger partial charge in [0.25, 0.3) is 0 Å². The molecule has 0 fully saturated rings. The Hall–Kier alpha value is -4.26. The van der Waals surface area contributed by atoms with Gasteiger partial charge in [0.2, 0.25) is 11.9 Å². The summed E-state index contributed by atoms with van der Waals surface area (Å²) in [7, 11) is 0.